The molecule has 9 aromatic rings. The summed E-state index contributed by atoms with van der Waals surface area (Å²) in [4.78, 5) is 12.9. The van der Waals surface area contributed by atoms with E-state index in [9.17, 15) is 0 Å². The number of rotatable bonds is 4. The van der Waals surface area contributed by atoms with E-state index < -0.39 is 0 Å². The molecule has 0 bridgehead atoms. The van der Waals surface area contributed by atoms with E-state index in [2.05, 4.69) is 124 Å². The van der Waals surface area contributed by atoms with Crippen LogP contribution >= 0.6 is 0 Å². The van der Waals surface area contributed by atoms with E-state index in [1.165, 1.54) is 10.8 Å². The maximum Gasteiger partial charge on any atom is 0.187 e. The monoisotopic (exact) mass is 598 g/mol. The van der Waals surface area contributed by atoms with Gasteiger partial charge >= 0.3 is 0 Å². The molecule has 0 spiro atoms. The van der Waals surface area contributed by atoms with E-state index in [4.69, 9.17) is 11.6 Å². The molecule has 3 heterocycles. The molecule has 6 aromatic carbocycles. The second-order valence-electron chi connectivity index (χ2n) is 11.8. The van der Waals surface area contributed by atoms with E-state index in [1.54, 1.807) is 0 Å². The van der Waals surface area contributed by atoms with Gasteiger partial charge in [-0.15, -0.1) is 0 Å². The van der Waals surface area contributed by atoms with Crippen LogP contribution in [0.5, 0.6) is 0 Å². The molecular weight excluding hydrogens is 573 g/mol. The summed E-state index contributed by atoms with van der Waals surface area (Å²) < 4.78 is 2.36. The van der Waals surface area contributed by atoms with Gasteiger partial charge in [-0.1, -0.05) is 103 Å². The fourth-order valence-electron chi connectivity index (χ4n) is 6.82. The van der Waals surface area contributed by atoms with Crippen molar-refractivity contribution in [2.45, 2.75) is 0 Å². The zero-order valence-electron chi connectivity index (χ0n) is 25.3. The summed E-state index contributed by atoms with van der Waals surface area (Å²) in [5.41, 5.74) is 12.8. The van der Waals surface area contributed by atoms with Crippen LogP contribution in [0.25, 0.3) is 87.5 Å². The second-order valence-corrected chi connectivity index (χ2v) is 11.8. The fraction of sp³-hybridized carbons (Fsp3) is 0. The highest BCUT2D eigenvalue weighted by atomic mass is 15.0. The van der Waals surface area contributed by atoms with E-state index >= 15 is 0 Å². The molecule has 0 fully saturated rings. The van der Waals surface area contributed by atoms with Crippen molar-refractivity contribution in [3.8, 4) is 39.1 Å². The van der Waals surface area contributed by atoms with E-state index in [0.717, 1.165) is 71.9 Å². The zero-order valence-corrected chi connectivity index (χ0v) is 25.3. The van der Waals surface area contributed by atoms with Crippen molar-refractivity contribution >= 4 is 49.3 Å². The Bertz CT molecular complexity index is 2660. The maximum absolute atomic E-state index is 7.31. The van der Waals surface area contributed by atoms with E-state index in [0.29, 0.717) is 5.69 Å². The number of hydrogen-bond acceptors (Lipinski definition) is 2. The quantitative estimate of drug-likeness (QED) is 0.149. The third-order valence-corrected chi connectivity index (χ3v) is 9.10. The van der Waals surface area contributed by atoms with Crippen LogP contribution in [-0.4, -0.2) is 14.5 Å². The van der Waals surface area contributed by atoms with Gasteiger partial charge in [0.15, 0.2) is 5.69 Å². The summed E-state index contributed by atoms with van der Waals surface area (Å²) in [7, 11) is 0. The molecule has 0 unspecified atom stereocenters. The van der Waals surface area contributed by atoms with Crippen LogP contribution < -0.4 is 0 Å². The summed E-state index contributed by atoms with van der Waals surface area (Å²) in [5, 5.41) is 4.60. The fourth-order valence-corrected chi connectivity index (χ4v) is 6.82. The third-order valence-electron chi connectivity index (χ3n) is 9.10. The van der Waals surface area contributed by atoms with Gasteiger partial charge in [0.1, 0.15) is 0 Å². The van der Waals surface area contributed by atoms with Gasteiger partial charge in [-0.25, -0.2) is 4.85 Å². The number of benzene rings is 6. The number of nitrogens with zero attached hydrogens (tertiary/aromatic N) is 4. The maximum atomic E-state index is 7.31. The average molecular weight is 599 g/mol. The molecule has 0 aliphatic carbocycles. The predicted molar refractivity (Wildman–Crippen MR) is 194 cm³/mol. The van der Waals surface area contributed by atoms with Crippen LogP contribution in [0.4, 0.5) is 5.69 Å². The van der Waals surface area contributed by atoms with Gasteiger partial charge in [-0.2, -0.15) is 0 Å². The van der Waals surface area contributed by atoms with Crippen molar-refractivity contribution in [1.82, 2.24) is 14.5 Å². The molecule has 0 amide bonds. The highest BCUT2D eigenvalue weighted by Gasteiger charge is 2.15. The first-order valence-corrected chi connectivity index (χ1v) is 15.6. The molecule has 218 valence electrons. The first kappa shape index (κ1) is 26.8. The lowest BCUT2D eigenvalue weighted by Gasteiger charge is -2.11. The number of hydrogen-bond donors (Lipinski definition) is 0. The van der Waals surface area contributed by atoms with Gasteiger partial charge in [0.05, 0.1) is 28.6 Å². The summed E-state index contributed by atoms with van der Waals surface area (Å²) in [6.45, 7) is 7.31. The molecule has 47 heavy (non-hydrogen) atoms. The van der Waals surface area contributed by atoms with Crippen LogP contribution in [0.1, 0.15) is 0 Å². The average Bonchev–Trinajstić information content (AvgIpc) is 3.48. The number of fused-ring (bicyclic) bond motifs is 6. The molecule has 0 saturated carbocycles. The second kappa shape index (κ2) is 10.8. The lowest BCUT2D eigenvalue weighted by molar-refractivity contribution is 1.18. The van der Waals surface area contributed by atoms with E-state index in [1.807, 2.05) is 48.8 Å². The molecule has 0 saturated heterocycles. The van der Waals surface area contributed by atoms with Gasteiger partial charge in [-0.05, 0) is 75.8 Å². The highest BCUT2D eigenvalue weighted by molar-refractivity contribution is 6.12. The normalized spacial score (nSPS) is 11.4. The van der Waals surface area contributed by atoms with Gasteiger partial charge in [0, 0.05) is 39.6 Å². The Hall–Kier alpha value is -6.57. The molecule has 4 nitrogen and oxygen atoms in total. The van der Waals surface area contributed by atoms with Crippen molar-refractivity contribution in [3.63, 3.8) is 0 Å². The Morgan fingerprint density at radius 2 is 1.04 bits per heavy atom. The summed E-state index contributed by atoms with van der Waals surface area (Å²) in [5.74, 6) is 0. The zero-order chi connectivity index (χ0) is 31.3. The van der Waals surface area contributed by atoms with Crippen molar-refractivity contribution in [2.24, 2.45) is 0 Å². The summed E-state index contributed by atoms with van der Waals surface area (Å²) in [6.07, 6.45) is 3.66. The minimum absolute atomic E-state index is 0.647. The Morgan fingerprint density at radius 1 is 0.468 bits per heavy atom. The SMILES string of the molecule is [C-]#[N+]c1ccc(-c2ccc3c4ccc(-c5ccc(-c6cc7cccnc7c7ncccc67)cc5)cc4n(-c4ccccc4)c3c2)cc1. The molecule has 0 N–H and O–H groups in total. The van der Waals surface area contributed by atoms with Crippen molar-refractivity contribution < 1.29 is 0 Å². The van der Waals surface area contributed by atoms with Crippen molar-refractivity contribution in [2.75, 3.05) is 0 Å². The topological polar surface area (TPSA) is 35.1 Å². The van der Waals surface area contributed by atoms with Gasteiger partial charge in [0.25, 0.3) is 0 Å². The van der Waals surface area contributed by atoms with Gasteiger partial charge in [0.2, 0.25) is 0 Å². The molecule has 9 rings (SSSR count). The molecule has 0 atom stereocenters. The Kier molecular flexibility index (Phi) is 6.16. The van der Waals surface area contributed by atoms with Crippen molar-refractivity contribution in [3.05, 3.63) is 169 Å². The summed E-state index contributed by atoms with van der Waals surface area (Å²) in [6, 6.07) is 51.1. The summed E-state index contributed by atoms with van der Waals surface area (Å²) >= 11 is 0. The van der Waals surface area contributed by atoms with Gasteiger partial charge in [-0.3, -0.25) is 9.97 Å². The van der Waals surface area contributed by atoms with Crippen molar-refractivity contribution in [1.29, 1.82) is 0 Å². The molecular formula is C43H26N4. The van der Waals surface area contributed by atoms with Crippen LogP contribution in [0.15, 0.2) is 158 Å². The molecule has 3 aromatic heterocycles. The van der Waals surface area contributed by atoms with Gasteiger partial charge < -0.3 is 4.57 Å². The Balaban J connectivity index is 1.18. The largest absolute Gasteiger partial charge is 0.309 e. The number of pyridine rings is 2. The molecule has 0 radical (unpaired) electrons. The third kappa shape index (κ3) is 4.45. The van der Waals surface area contributed by atoms with E-state index in [-0.39, 0.29) is 0 Å². The smallest absolute Gasteiger partial charge is 0.187 e. The highest BCUT2D eigenvalue weighted by Crippen LogP contribution is 2.38. The first-order valence-electron chi connectivity index (χ1n) is 15.6. The predicted octanol–water partition coefficient (Wildman–Crippen LogP) is 11.4. The van der Waals surface area contributed by atoms with Crippen LogP contribution in [-0.2, 0) is 0 Å². The molecule has 4 heteroatoms. The number of para-hydroxylation sites is 1. The van der Waals surface area contributed by atoms with Crippen LogP contribution in [0, 0.1) is 6.57 Å². The van der Waals surface area contributed by atoms with Crippen LogP contribution in [0.3, 0.4) is 0 Å². The molecule has 0 aliphatic heterocycles. The Labute approximate surface area is 271 Å². The van der Waals surface area contributed by atoms with Crippen LogP contribution in [0.2, 0.25) is 0 Å². The molecule has 0 aliphatic rings. The Morgan fingerprint density at radius 3 is 1.70 bits per heavy atom. The first-order chi connectivity index (χ1) is 23.2. The lowest BCUT2D eigenvalue weighted by Crippen LogP contribution is -1.93. The number of aromatic nitrogens is 3. The minimum Gasteiger partial charge on any atom is -0.309 e. The minimum atomic E-state index is 0.647. The lowest BCUT2D eigenvalue weighted by atomic mass is 9.95. The standard InChI is InChI=1S/C43H26N4/c1-44-34-19-15-29(16-20-34)32-18-22-37-36-21-17-31(26-40(36)47(41(37)27-32)35-8-3-2-4-9-35)28-11-13-30(14-12-28)39-25-33-7-5-23-45-42(33)43-38(39)10-6-24-46-43/h2-27H.